The van der Waals surface area contributed by atoms with Crippen molar-refractivity contribution in [2.75, 3.05) is 0 Å². The zero-order valence-corrected chi connectivity index (χ0v) is 19.8. The maximum absolute atomic E-state index is 10.2. The molecular formula is C30H36N2. The SMILES string of the molecule is CCCCCC12CCC(c3ccc(-c4ccc(CCC)cc4)c(C#N)c3C#N)(CC1)CC2. The molecule has 32 heavy (non-hydrogen) atoms. The van der Waals surface area contributed by atoms with Crippen LogP contribution in [0, 0.1) is 28.1 Å². The Hall–Kier alpha value is -2.58. The molecule has 5 rings (SSSR count). The summed E-state index contributed by atoms with van der Waals surface area (Å²) in [6.07, 6.45) is 14.9. The molecule has 0 atom stereocenters. The number of aryl methyl sites for hydroxylation is 1. The van der Waals surface area contributed by atoms with Crippen LogP contribution in [0.2, 0.25) is 0 Å². The molecule has 0 saturated heterocycles. The molecule has 0 N–H and O–H groups in total. The zero-order valence-electron chi connectivity index (χ0n) is 19.8. The lowest BCUT2D eigenvalue weighted by atomic mass is 9.50. The van der Waals surface area contributed by atoms with Crippen molar-refractivity contribution < 1.29 is 0 Å². The minimum atomic E-state index is 0.0900. The van der Waals surface area contributed by atoms with Gasteiger partial charge in [0.1, 0.15) is 12.1 Å². The first-order valence-corrected chi connectivity index (χ1v) is 12.7. The van der Waals surface area contributed by atoms with Gasteiger partial charge in [0, 0.05) is 5.56 Å². The molecule has 3 aliphatic carbocycles. The van der Waals surface area contributed by atoms with Crippen molar-refractivity contribution >= 4 is 0 Å². The van der Waals surface area contributed by atoms with Crippen LogP contribution in [-0.4, -0.2) is 0 Å². The summed E-state index contributed by atoms with van der Waals surface area (Å²) in [5.74, 6) is 0. The van der Waals surface area contributed by atoms with Gasteiger partial charge in [0.25, 0.3) is 0 Å². The van der Waals surface area contributed by atoms with Crippen LogP contribution in [0.1, 0.15) is 107 Å². The van der Waals surface area contributed by atoms with Crippen LogP contribution in [0.4, 0.5) is 0 Å². The Morgan fingerprint density at radius 1 is 0.750 bits per heavy atom. The van der Waals surface area contributed by atoms with Gasteiger partial charge in [-0.25, -0.2) is 0 Å². The topological polar surface area (TPSA) is 47.6 Å². The fourth-order valence-electron chi connectivity index (χ4n) is 6.45. The third kappa shape index (κ3) is 4.09. The third-order valence-corrected chi connectivity index (χ3v) is 8.52. The predicted octanol–water partition coefficient (Wildman–Crippen LogP) is 8.22. The molecule has 0 unspecified atom stereocenters. The second kappa shape index (κ2) is 9.50. The maximum Gasteiger partial charge on any atom is 0.101 e. The Morgan fingerprint density at radius 3 is 1.97 bits per heavy atom. The van der Waals surface area contributed by atoms with E-state index in [1.165, 1.54) is 69.8 Å². The van der Waals surface area contributed by atoms with Gasteiger partial charge in [0.2, 0.25) is 0 Å². The largest absolute Gasteiger partial charge is 0.192 e. The van der Waals surface area contributed by atoms with Gasteiger partial charge in [-0.1, -0.05) is 75.9 Å². The summed E-state index contributed by atoms with van der Waals surface area (Å²) in [5.41, 5.74) is 6.21. The Balaban J connectivity index is 1.64. The van der Waals surface area contributed by atoms with Crippen molar-refractivity contribution in [1.82, 2.24) is 0 Å². The molecule has 0 spiro atoms. The molecule has 0 heterocycles. The second-order valence-corrected chi connectivity index (χ2v) is 10.3. The zero-order chi connectivity index (χ0) is 22.6. The molecular weight excluding hydrogens is 388 g/mol. The molecule has 3 saturated carbocycles. The molecule has 2 aromatic rings. The molecule has 3 fully saturated rings. The van der Waals surface area contributed by atoms with Gasteiger partial charge in [0.05, 0.1) is 11.1 Å². The van der Waals surface area contributed by atoms with E-state index in [0.29, 0.717) is 16.5 Å². The average Bonchev–Trinajstić information content (AvgIpc) is 2.85. The van der Waals surface area contributed by atoms with E-state index in [0.717, 1.165) is 29.5 Å². The highest BCUT2D eigenvalue weighted by Crippen LogP contribution is 2.60. The van der Waals surface area contributed by atoms with Crippen LogP contribution in [0.25, 0.3) is 11.1 Å². The van der Waals surface area contributed by atoms with E-state index in [4.69, 9.17) is 0 Å². The maximum atomic E-state index is 10.2. The summed E-state index contributed by atoms with van der Waals surface area (Å²) in [6.45, 7) is 4.47. The highest BCUT2D eigenvalue weighted by atomic mass is 14.5. The molecule has 166 valence electrons. The Labute approximate surface area is 194 Å². The van der Waals surface area contributed by atoms with E-state index in [1.54, 1.807) is 0 Å². The van der Waals surface area contributed by atoms with Crippen LogP contribution >= 0.6 is 0 Å². The van der Waals surface area contributed by atoms with E-state index >= 15 is 0 Å². The molecule has 0 aliphatic heterocycles. The number of nitrogens with zero attached hydrogens (tertiary/aromatic N) is 2. The molecule has 0 amide bonds. The van der Waals surface area contributed by atoms with Crippen molar-refractivity contribution in [3.05, 3.63) is 58.7 Å². The molecule has 2 nitrogen and oxygen atoms in total. The van der Waals surface area contributed by atoms with Gasteiger partial charge >= 0.3 is 0 Å². The lowest BCUT2D eigenvalue weighted by molar-refractivity contribution is 0.0304. The highest BCUT2D eigenvalue weighted by Gasteiger charge is 2.49. The van der Waals surface area contributed by atoms with Crippen LogP contribution in [0.3, 0.4) is 0 Å². The average molecular weight is 425 g/mol. The molecule has 3 aliphatic rings. The molecule has 2 aromatic carbocycles. The van der Waals surface area contributed by atoms with Gasteiger partial charge in [-0.3, -0.25) is 0 Å². The number of hydrogen-bond donors (Lipinski definition) is 0. The third-order valence-electron chi connectivity index (χ3n) is 8.52. The Kier molecular flexibility index (Phi) is 6.71. The van der Waals surface area contributed by atoms with E-state index in [1.807, 2.05) is 0 Å². The molecule has 0 radical (unpaired) electrons. The van der Waals surface area contributed by atoms with E-state index in [2.05, 4.69) is 62.4 Å². The summed E-state index contributed by atoms with van der Waals surface area (Å²) >= 11 is 0. The minimum Gasteiger partial charge on any atom is -0.192 e. The molecule has 0 aromatic heterocycles. The van der Waals surface area contributed by atoms with Gasteiger partial charge < -0.3 is 0 Å². The van der Waals surface area contributed by atoms with Gasteiger partial charge in [-0.2, -0.15) is 10.5 Å². The number of fused-ring (bicyclic) bond motifs is 3. The van der Waals surface area contributed by atoms with Crippen LogP contribution < -0.4 is 0 Å². The minimum absolute atomic E-state index is 0.0900. The van der Waals surface area contributed by atoms with E-state index < -0.39 is 0 Å². The molecule has 2 bridgehead atoms. The fourth-order valence-corrected chi connectivity index (χ4v) is 6.45. The van der Waals surface area contributed by atoms with Crippen molar-refractivity contribution in [2.45, 2.75) is 96.3 Å². The van der Waals surface area contributed by atoms with E-state index in [9.17, 15) is 10.5 Å². The first kappa shape index (κ1) is 22.6. The second-order valence-electron chi connectivity index (χ2n) is 10.3. The quantitative estimate of drug-likeness (QED) is 0.401. The first-order valence-electron chi connectivity index (χ1n) is 12.7. The number of rotatable bonds is 8. The number of unbranched alkanes of at least 4 members (excludes halogenated alkanes) is 2. The fraction of sp³-hybridized carbons (Fsp3) is 0.533. The van der Waals surface area contributed by atoms with Crippen LogP contribution in [0.15, 0.2) is 36.4 Å². The van der Waals surface area contributed by atoms with Crippen LogP contribution in [-0.2, 0) is 11.8 Å². The summed E-state index contributed by atoms with van der Waals surface area (Å²) in [5, 5.41) is 20.2. The number of benzene rings is 2. The van der Waals surface area contributed by atoms with Crippen molar-refractivity contribution in [1.29, 1.82) is 10.5 Å². The summed E-state index contributed by atoms with van der Waals surface area (Å²) in [7, 11) is 0. The summed E-state index contributed by atoms with van der Waals surface area (Å²) in [4.78, 5) is 0. The van der Waals surface area contributed by atoms with Crippen molar-refractivity contribution in [3.63, 3.8) is 0 Å². The normalized spacial score (nSPS) is 24.1. The standard InChI is InChI=1S/C30H36N2/c1-3-5-6-14-29-15-18-30(19-16-29,20-17-29)28-13-12-25(26(21-31)27(28)22-32)24-10-8-23(7-4-2)9-11-24/h8-13H,3-7,14-20H2,1-2H3. The van der Waals surface area contributed by atoms with Gasteiger partial charge in [-0.05, 0) is 78.9 Å². The van der Waals surface area contributed by atoms with Gasteiger partial charge in [0.15, 0.2) is 0 Å². The predicted molar refractivity (Wildman–Crippen MR) is 131 cm³/mol. The smallest absolute Gasteiger partial charge is 0.101 e. The molecule has 2 heteroatoms. The summed E-state index contributed by atoms with van der Waals surface area (Å²) < 4.78 is 0. The van der Waals surface area contributed by atoms with Crippen molar-refractivity contribution in [3.8, 4) is 23.3 Å². The van der Waals surface area contributed by atoms with Crippen LogP contribution in [0.5, 0.6) is 0 Å². The Morgan fingerprint density at radius 2 is 1.41 bits per heavy atom. The van der Waals surface area contributed by atoms with Gasteiger partial charge in [-0.15, -0.1) is 0 Å². The number of hydrogen-bond acceptors (Lipinski definition) is 2. The lowest BCUT2D eigenvalue weighted by Crippen LogP contribution is -2.44. The van der Waals surface area contributed by atoms with Crippen molar-refractivity contribution in [2.24, 2.45) is 5.41 Å². The summed E-state index contributed by atoms with van der Waals surface area (Å²) in [6, 6.07) is 17.7. The lowest BCUT2D eigenvalue weighted by Gasteiger charge is -2.54. The van der Waals surface area contributed by atoms with E-state index in [-0.39, 0.29) is 5.41 Å². The first-order chi connectivity index (χ1) is 15.6. The Bertz CT molecular complexity index is 1010. The highest BCUT2D eigenvalue weighted by molar-refractivity contribution is 5.75. The monoisotopic (exact) mass is 424 g/mol. The number of nitriles is 2.